The van der Waals surface area contributed by atoms with Crippen molar-refractivity contribution in [1.82, 2.24) is 4.90 Å². The average Bonchev–Trinajstić information content (AvgIpc) is 2.49. The third-order valence-electron chi connectivity index (χ3n) is 5.58. The lowest BCUT2D eigenvalue weighted by Crippen LogP contribution is -2.50. The topological polar surface area (TPSA) is 38.8 Å². The zero-order chi connectivity index (χ0) is 16.2. The molecule has 1 saturated heterocycles. The van der Waals surface area contributed by atoms with Crippen LogP contribution in [0.4, 0.5) is 0 Å². The van der Waals surface area contributed by atoms with Crippen LogP contribution in [-0.4, -0.2) is 42.0 Å². The number of hydrogen-bond acceptors (Lipinski definition) is 4. The molecule has 0 N–H and O–H groups in total. The quantitative estimate of drug-likeness (QED) is 0.737. The van der Waals surface area contributed by atoms with Crippen molar-refractivity contribution in [3.8, 4) is 11.5 Å². The third kappa shape index (κ3) is 2.53. The fraction of sp³-hybridized carbons (Fsp3) is 0.632. The van der Waals surface area contributed by atoms with E-state index in [1.54, 1.807) is 0 Å². The third-order valence-corrected chi connectivity index (χ3v) is 5.58. The van der Waals surface area contributed by atoms with Gasteiger partial charge in [-0.05, 0) is 45.9 Å². The SMILES string of the molecule is CN1CCC2(CC1)CC(=O)c1c(ccc3c1CCC(C)(C)O3)O2. The summed E-state index contributed by atoms with van der Waals surface area (Å²) in [7, 11) is 2.13. The number of rotatable bonds is 0. The van der Waals surface area contributed by atoms with Gasteiger partial charge in [0.25, 0.3) is 0 Å². The molecule has 0 amide bonds. The first-order valence-electron chi connectivity index (χ1n) is 8.63. The van der Waals surface area contributed by atoms with Gasteiger partial charge in [0.2, 0.25) is 0 Å². The van der Waals surface area contributed by atoms with Gasteiger partial charge in [0.05, 0.1) is 12.0 Å². The highest BCUT2D eigenvalue weighted by Crippen LogP contribution is 2.45. The Labute approximate surface area is 137 Å². The number of nitrogens with zero attached hydrogens (tertiary/aromatic N) is 1. The Morgan fingerprint density at radius 1 is 1.04 bits per heavy atom. The summed E-state index contributed by atoms with van der Waals surface area (Å²) in [5.41, 5.74) is 1.38. The molecular weight excluding hydrogens is 290 g/mol. The minimum Gasteiger partial charge on any atom is -0.488 e. The van der Waals surface area contributed by atoms with Gasteiger partial charge in [-0.3, -0.25) is 4.79 Å². The average molecular weight is 315 g/mol. The van der Waals surface area contributed by atoms with Crippen LogP contribution in [0.1, 0.15) is 55.5 Å². The standard InChI is InChI=1S/C19H25NO3/c1-18(2)7-6-13-15(22-18)4-5-16-17(13)14(21)12-19(23-16)8-10-20(3)11-9-19/h4-5H,6-12H2,1-3H3. The minimum absolute atomic E-state index is 0.158. The van der Waals surface area contributed by atoms with Crippen molar-refractivity contribution in [3.05, 3.63) is 23.3 Å². The molecule has 4 heteroatoms. The molecule has 1 aromatic carbocycles. The monoisotopic (exact) mass is 315 g/mol. The van der Waals surface area contributed by atoms with Crippen LogP contribution < -0.4 is 9.47 Å². The number of carbonyl (C=O) groups is 1. The Morgan fingerprint density at radius 2 is 1.74 bits per heavy atom. The summed E-state index contributed by atoms with van der Waals surface area (Å²) in [5, 5.41) is 0. The molecule has 1 spiro atoms. The molecular formula is C19H25NO3. The molecule has 124 valence electrons. The highest BCUT2D eigenvalue weighted by atomic mass is 16.5. The number of ketones is 1. The number of benzene rings is 1. The van der Waals surface area contributed by atoms with Crippen molar-refractivity contribution >= 4 is 5.78 Å². The molecule has 3 heterocycles. The maximum absolute atomic E-state index is 12.9. The van der Waals surface area contributed by atoms with Crippen molar-refractivity contribution in [3.63, 3.8) is 0 Å². The second-order valence-corrected chi connectivity index (χ2v) is 7.97. The van der Waals surface area contributed by atoms with Gasteiger partial charge in [0, 0.05) is 31.5 Å². The predicted molar refractivity (Wildman–Crippen MR) is 88.5 cm³/mol. The van der Waals surface area contributed by atoms with Gasteiger partial charge < -0.3 is 14.4 Å². The number of ether oxygens (including phenoxy) is 2. The second kappa shape index (κ2) is 4.97. The Kier molecular flexibility index (Phi) is 3.24. The molecule has 0 radical (unpaired) electrons. The molecule has 1 aromatic rings. The molecule has 0 bridgehead atoms. The van der Waals surface area contributed by atoms with Gasteiger partial charge in [0.1, 0.15) is 22.7 Å². The molecule has 0 aliphatic carbocycles. The van der Waals surface area contributed by atoms with Crippen LogP contribution in [0.5, 0.6) is 11.5 Å². The van der Waals surface area contributed by atoms with Gasteiger partial charge in [0.15, 0.2) is 5.78 Å². The van der Waals surface area contributed by atoms with Crippen LogP contribution in [0.25, 0.3) is 0 Å². The van der Waals surface area contributed by atoms with Crippen LogP contribution in [0, 0.1) is 0 Å². The van der Waals surface area contributed by atoms with E-state index in [0.717, 1.165) is 61.4 Å². The first-order valence-corrected chi connectivity index (χ1v) is 8.63. The molecule has 3 aliphatic heterocycles. The van der Waals surface area contributed by atoms with E-state index >= 15 is 0 Å². The molecule has 1 fully saturated rings. The summed E-state index contributed by atoms with van der Waals surface area (Å²) in [6.45, 7) is 6.18. The lowest BCUT2D eigenvalue weighted by molar-refractivity contribution is -0.00441. The van der Waals surface area contributed by atoms with E-state index in [4.69, 9.17) is 9.47 Å². The second-order valence-electron chi connectivity index (χ2n) is 7.97. The van der Waals surface area contributed by atoms with Crippen molar-refractivity contribution in [2.75, 3.05) is 20.1 Å². The highest BCUT2D eigenvalue weighted by molar-refractivity contribution is 6.02. The largest absolute Gasteiger partial charge is 0.488 e. The van der Waals surface area contributed by atoms with E-state index in [9.17, 15) is 4.79 Å². The van der Waals surface area contributed by atoms with Crippen LogP contribution in [0.15, 0.2) is 12.1 Å². The van der Waals surface area contributed by atoms with Crippen LogP contribution in [0.3, 0.4) is 0 Å². The first kappa shape index (κ1) is 15.0. The van der Waals surface area contributed by atoms with Gasteiger partial charge in [-0.2, -0.15) is 0 Å². The Bertz CT molecular complexity index is 657. The van der Waals surface area contributed by atoms with Crippen molar-refractivity contribution in [1.29, 1.82) is 0 Å². The summed E-state index contributed by atoms with van der Waals surface area (Å²) in [6.07, 6.45) is 4.17. The molecule has 3 aliphatic rings. The van der Waals surface area contributed by atoms with Crippen molar-refractivity contribution < 1.29 is 14.3 Å². The van der Waals surface area contributed by atoms with Crippen molar-refractivity contribution in [2.24, 2.45) is 0 Å². The smallest absolute Gasteiger partial charge is 0.171 e. The molecule has 23 heavy (non-hydrogen) atoms. The van der Waals surface area contributed by atoms with E-state index in [1.165, 1.54) is 0 Å². The molecule has 0 atom stereocenters. The molecule has 0 unspecified atom stereocenters. The summed E-state index contributed by atoms with van der Waals surface area (Å²) < 4.78 is 12.5. The Morgan fingerprint density at radius 3 is 2.48 bits per heavy atom. The Hall–Kier alpha value is -1.55. The number of fused-ring (bicyclic) bond motifs is 3. The van der Waals surface area contributed by atoms with E-state index in [-0.39, 0.29) is 17.0 Å². The van der Waals surface area contributed by atoms with Crippen LogP contribution in [-0.2, 0) is 6.42 Å². The lowest BCUT2D eigenvalue weighted by atomic mass is 9.80. The summed E-state index contributed by atoms with van der Waals surface area (Å²) in [6, 6.07) is 3.92. The van der Waals surface area contributed by atoms with E-state index in [2.05, 4.69) is 25.8 Å². The van der Waals surface area contributed by atoms with E-state index in [0.29, 0.717) is 6.42 Å². The van der Waals surface area contributed by atoms with Crippen LogP contribution in [0.2, 0.25) is 0 Å². The van der Waals surface area contributed by atoms with Gasteiger partial charge in [-0.15, -0.1) is 0 Å². The van der Waals surface area contributed by atoms with Gasteiger partial charge in [-0.25, -0.2) is 0 Å². The fourth-order valence-corrected chi connectivity index (χ4v) is 4.07. The molecule has 4 nitrogen and oxygen atoms in total. The number of piperidine rings is 1. The lowest BCUT2D eigenvalue weighted by Gasteiger charge is -2.44. The summed E-state index contributed by atoms with van der Waals surface area (Å²) in [5.74, 6) is 1.86. The normalized spacial score (nSPS) is 25.3. The number of hydrogen-bond donors (Lipinski definition) is 0. The van der Waals surface area contributed by atoms with E-state index in [1.807, 2.05) is 12.1 Å². The Balaban J connectivity index is 1.70. The number of likely N-dealkylation sites (tertiary alicyclic amines) is 1. The zero-order valence-corrected chi connectivity index (χ0v) is 14.3. The van der Waals surface area contributed by atoms with Crippen molar-refractivity contribution in [2.45, 2.75) is 57.2 Å². The first-order chi connectivity index (χ1) is 10.9. The molecule has 0 saturated carbocycles. The number of Topliss-reactive ketones (excluding diaryl/α,β-unsaturated/α-hetero) is 1. The maximum Gasteiger partial charge on any atom is 0.171 e. The number of carbonyl (C=O) groups excluding carboxylic acids is 1. The van der Waals surface area contributed by atoms with Crippen LogP contribution >= 0.6 is 0 Å². The molecule has 0 aromatic heterocycles. The minimum atomic E-state index is -0.292. The van der Waals surface area contributed by atoms with Gasteiger partial charge in [-0.1, -0.05) is 0 Å². The van der Waals surface area contributed by atoms with E-state index < -0.39 is 0 Å². The summed E-state index contributed by atoms with van der Waals surface area (Å²) >= 11 is 0. The maximum atomic E-state index is 12.9. The van der Waals surface area contributed by atoms with Gasteiger partial charge >= 0.3 is 0 Å². The zero-order valence-electron chi connectivity index (χ0n) is 14.3. The summed E-state index contributed by atoms with van der Waals surface area (Å²) in [4.78, 5) is 15.2. The predicted octanol–water partition coefficient (Wildman–Crippen LogP) is 3.22. The highest BCUT2D eigenvalue weighted by Gasteiger charge is 2.44. The fourth-order valence-electron chi connectivity index (χ4n) is 4.07. The molecule has 4 rings (SSSR count).